The van der Waals surface area contributed by atoms with Crippen molar-refractivity contribution in [3.8, 4) is 17.0 Å². The first-order valence-electron chi connectivity index (χ1n) is 4.72. The van der Waals surface area contributed by atoms with E-state index in [1.54, 1.807) is 20.4 Å². The molecule has 2 rings (SSSR count). The molecule has 0 spiro atoms. The van der Waals surface area contributed by atoms with Gasteiger partial charge in [-0.2, -0.15) is 4.98 Å². The monoisotopic (exact) mass is 282 g/mol. The van der Waals surface area contributed by atoms with E-state index in [9.17, 15) is 0 Å². The number of oxazole rings is 1. The lowest BCUT2D eigenvalue weighted by Gasteiger charge is -2.03. The van der Waals surface area contributed by atoms with Gasteiger partial charge in [-0.15, -0.1) is 0 Å². The number of anilines is 1. The Morgan fingerprint density at radius 2 is 2.25 bits per heavy atom. The molecule has 4 nitrogen and oxygen atoms in total. The maximum Gasteiger partial charge on any atom is 0.294 e. The molecule has 0 saturated heterocycles. The van der Waals surface area contributed by atoms with Crippen molar-refractivity contribution in [2.24, 2.45) is 0 Å². The Balaban J connectivity index is 2.37. The quantitative estimate of drug-likeness (QED) is 0.940. The van der Waals surface area contributed by atoms with Crippen molar-refractivity contribution >= 4 is 21.9 Å². The van der Waals surface area contributed by atoms with Crippen molar-refractivity contribution in [1.82, 2.24) is 4.98 Å². The fraction of sp³-hybridized carbons (Fsp3) is 0.182. The molecule has 1 aromatic heterocycles. The van der Waals surface area contributed by atoms with Gasteiger partial charge < -0.3 is 14.5 Å². The van der Waals surface area contributed by atoms with Crippen LogP contribution in [-0.4, -0.2) is 19.1 Å². The normalized spacial score (nSPS) is 10.2. The van der Waals surface area contributed by atoms with Crippen molar-refractivity contribution in [3.05, 3.63) is 28.9 Å². The van der Waals surface area contributed by atoms with E-state index in [-0.39, 0.29) is 0 Å². The summed E-state index contributed by atoms with van der Waals surface area (Å²) in [6.45, 7) is 0. The van der Waals surface area contributed by atoms with Gasteiger partial charge in [-0.05, 0) is 34.1 Å². The van der Waals surface area contributed by atoms with Crippen molar-refractivity contribution in [2.75, 3.05) is 19.5 Å². The second-order valence-electron chi connectivity index (χ2n) is 3.14. The van der Waals surface area contributed by atoms with Crippen molar-refractivity contribution in [2.45, 2.75) is 0 Å². The summed E-state index contributed by atoms with van der Waals surface area (Å²) in [6.07, 6.45) is 1.61. The van der Waals surface area contributed by atoms with E-state index in [0.29, 0.717) is 6.01 Å². The summed E-state index contributed by atoms with van der Waals surface area (Å²) in [5.41, 5.74) is 1.76. The molecule has 0 bridgehead atoms. The van der Waals surface area contributed by atoms with Crippen LogP contribution in [0.15, 0.2) is 33.4 Å². The van der Waals surface area contributed by atoms with Gasteiger partial charge in [-0.25, -0.2) is 0 Å². The Labute approximate surface area is 102 Å². The topological polar surface area (TPSA) is 47.3 Å². The lowest BCUT2D eigenvalue weighted by Crippen LogP contribution is -1.88. The summed E-state index contributed by atoms with van der Waals surface area (Å²) >= 11 is 3.43. The van der Waals surface area contributed by atoms with Gasteiger partial charge in [-0.3, -0.25) is 0 Å². The number of hydrogen-bond donors (Lipinski definition) is 1. The minimum Gasteiger partial charge on any atom is -0.496 e. The van der Waals surface area contributed by atoms with Crippen LogP contribution in [0.1, 0.15) is 0 Å². The SMILES string of the molecule is CNc1nc(-c2ccc(OC)c(Br)c2)co1. The third-order valence-corrected chi connectivity index (χ3v) is 2.79. The zero-order valence-electron chi connectivity index (χ0n) is 8.95. The van der Waals surface area contributed by atoms with Crippen molar-refractivity contribution in [3.63, 3.8) is 0 Å². The first kappa shape index (κ1) is 11.0. The molecule has 1 aromatic carbocycles. The van der Waals surface area contributed by atoms with E-state index in [2.05, 4.69) is 26.2 Å². The van der Waals surface area contributed by atoms with Gasteiger partial charge in [0.25, 0.3) is 6.01 Å². The average molecular weight is 283 g/mol. The number of rotatable bonds is 3. The lowest BCUT2D eigenvalue weighted by molar-refractivity contribution is 0.412. The van der Waals surface area contributed by atoms with E-state index in [0.717, 1.165) is 21.5 Å². The Bertz CT molecular complexity index is 496. The summed E-state index contributed by atoms with van der Waals surface area (Å²) in [5.74, 6) is 0.793. The van der Waals surface area contributed by atoms with Crippen LogP contribution in [0.4, 0.5) is 6.01 Å². The minimum atomic E-state index is 0.502. The van der Waals surface area contributed by atoms with Gasteiger partial charge in [0.2, 0.25) is 0 Å². The number of aromatic nitrogens is 1. The average Bonchev–Trinajstić information content (AvgIpc) is 2.77. The standard InChI is InChI=1S/C11H11BrN2O2/c1-13-11-14-9(6-16-11)7-3-4-10(15-2)8(12)5-7/h3-6H,1-2H3,(H,13,14). The predicted molar refractivity (Wildman–Crippen MR) is 65.7 cm³/mol. The van der Waals surface area contributed by atoms with Crippen LogP contribution in [0.3, 0.4) is 0 Å². The molecule has 0 aliphatic carbocycles. The number of hydrogen-bond acceptors (Lipinski definition) is 4. The van der Waals surface area contributed by atoms with Gasteiger partial charge in [-0.1, -0.05) is 0 Å². The molecule has 0 saturated carbocycles. The number of ether oxygens (including phenoxy) is 1. The van der Waals surface area contributed by atoms with E-state index in [1.165, 1.54) is 0 Å². The second-order valence-corrected chi connectivity index (χ2v) is 3.99. The van der Waals surface area contributed by atoms with Crippen LogP contribution in [0.25, 0.3) is 11.3 Å². The van der Waals surface area contributed by atoms with Gasteiger partial charge in [0.1, 0.15) is 17.7 Å². The van der Waals surface area contributed by atoms with Crippen LogP contribution in [-0.2, 0) is 0 Å². The highest BCUT2D eigenvalue weighted by molar-refractivity contribution is 9.10. The maximum absolute atomic E-state index is 5.20. The van der Waals surface area contributed by atoms with E-state index in [4.69, 9.17) is 9.15 Å². The third-order valence-electron chi connectivity index (χ3n) is 2.17. The van der Waals surface area contributed by atoms with Gasteiger partial charge in [0.15, 0.2) is 0 Å². The van der Waals surface area contributed by atoms with Gasteiger partial charge in [0, 0.05) is 12.6 Å². The number of nitrogens with one attached hydrogen (secondary N) is 1. The number of nitrogens with zero attached hydrogens (tertiary/aromatic N) is 1. The molecule has 0 unspecified atom stereocenters. The van der Waals surface area contributed by atoms with Crippen LogP contribution >= 0.6 is 15.9 Å². The van der Waals surface area contributed by atoms with Crippen LogP contribution in [0.5, 0.6) is 5.75 Å². The van der Waals surface area contributed by atoms with Gasteiger partial charge in [0.05, 0.1) is 11.6 Å². The molecule has 5 heteroatoms. The summed E-state index contributed by atoms with van der Waals surface area (Å²) in [7, 11) is 3.40. The Morgan fingerprint density at radius 3 is 2.81 bits per heavy atom. The van der Waals surface area contributed by atoms with Crippen LogP contribution < -0.4 is 10.1 Å². The zero-order valence-corrected chi connectivity index (χ0v) is 10.5. The molecular weight excluding hydrogens is 272 g/mol. The molecule has 2 aromatic rings. The summed E-state index contributed by atoms with van der Waals surface area (Å²) in [4.78, 5) is 4.26. The molecule has 0 radical (unpaired) electrons. The van der Waals surface area contributed by atoms with E-state index < -0.39 is 0 Å². The molecular formula is C11H11BrN2O2. The van der Waals surface area contributed by atoms with Crippen LogP contribution in [0, 0.1) is 0 Å². The smallest absolute Gasteiger partial charge is 0.294 e. The fourth-order valence-corrected chi connectivity index (χ4v) is 1.89. The maximum atomic E-state index is 5.20. The van der Waals surface area contributed by atoms with Crippen LogP contribution in [0.2, 0.25) is 0 Å². The molecule has 1 heterocycles. The molecule has 0 atom stereocenters. The Kier molecular flexibility index (Phi) is 3.14. The molecule has 0 fully saturated rings. The highest BCUT2D eigenvalue weighted by atomic mass is 79.9. The number of benzene rings is 1. The summed E-state index contributed by atoms with van der Waals surface area (Å²) in [5, 5.41) is 2.84. The minimum absolute atomic E-state index is 0.502. The molecule has 0 aliphatic rings. The number of methoxy groups -OCH3 is 1. The van der Waals surface area contributed by atoms with Crippen molar-refractivity contribution < 1.29 is 9.15 Å². The summed E-state index contributed by atoms with van der Waals surface area (Å²) in [6, 6.07) is 6.26. The Morgan fingerprint density at radius 1 is 1.44 bits per heavy atom. The number of halogens is 1. The fourth-order valence-electron chi connectivity index (χ4n) is 1.35. The first-order chi connectivity index (χ1) is 7.74. The highest BCUT2D eigenvalue weighted by Crippen LogP contribution is 2.30. The highest BCUT2D eigenvalue weighted by Gasteiger charge is 2.07. The van der Waals surface area contributed by atoms with Crippen molar-refractivity contribution in [1.29, 1.82) is 0 Å². The predicted octanol–water partition coefficient (Wildman–Crippen LogP) is 3.15. The third kappa shape index (κ3) is 2.04. The molecule has 1 N–H and O–H groups in total. The molecule has 16 heavy (non-hydrogen) atoms. The van der Waals surface area contributed by atoms with E-state index in [1.807, 2.05) is 18.2 Å². The van der Waals surface area contributed by atoms with E-state index >= 15 is 0 Å². The Hall–Kier alpha value is -1.49. The summed E-state index contributed by atoms with van der Waals surface area (Å²) < 4.78 is 11.2. The molecule has 0 aliphatic heterocycles. The molecule has 84 valence electrons. The first-order valence-corrected chi connectivity index (χ1v) is 5.51. The zero-order chi connectivity index (χ0) is 11.5. The lowest BCUT2D eigenvalue weighted by atomic mass is 10.2. The molecule has 0 amide bonds. The second kappa shape index (κ2) is 4.57. The van der Waals surface area contributed by atoms with Gasteiger partial charge >= 0.3 is 0 Å². The largest absolute Gasteiger partial charge is 0.496 e.